The van der Waals surface area contributed by atoms with E-state index in [-0.39, 0.29) is 5.56 Å². The number of aromatic nitrogens is 2. The highest BCUT2D eigenvalue weighted by atomic mass is 79.9. The van der Waals surface area contributed by atoms with Crippen LogP contribution in [0.2, 0.25) is 5.02 Å². The number of halogens is 2. The Morgan fingerprint density at radius 2 is 2.19 bits per heavy atom. The standard InChI is InChI=1S/C10H6BrClN2O2/c1-16-10(15)6-3-14-9-5(8(6)12)2-13-4-7(9)11/h2-4H,1H3. The molecule has 16 heavy (non-hydrogen) atoms. The van der Waals surface area contributed by atoms with Crippen LogP contribution in [0.5, 0.6) is 0 Å². The first-order valence-corrected chi connectivity index (χ1v) is 5.48. The first kappa shape index (κ1) is 11.3. The maximum atomic E-state index is 11.4. The third kappa shape index (κ3) is 1.76. The number of pyridine rings is 2. The van der Waals surface area contributed by atoms with Gasteiger partial charge in [-0.1, -0.05) is 11.6 Å². The van der Waals surface area contributed by atoms with Crippen LogP contribution < -0.4 is 0 Å². The zero-order valence-electron chi connectivity index (χ0n) is 8.20. The number of rotatable bonds is 1. The molecule has 0 aliphatic carbocycles. The van der Waals surface area contributed by atoms with Crippen molar-refractivity contribution in [2.24, 2.45) is 0 Å². The molecule has 0 saturated heterocycles. The third-order valence-corrected chi connectivity index (χ3v) is 3.06. The van der Waals surface area contributed by atoms with E-state index < -0.39 is 5.97 Å². The summed E-state index contributed by atoms with van der Waals surface area (Å²) in [4.78, 5) is 19.5. The van der Waals surface area contributed by atoms with E-state index in [2.05, 4.69) is 30.6 Å². The van der Waals surface area contributed by atoms with Crippen molar-refractivity contribution in [3.8, 4) is 0 Å². The van der Waals surface area contributed by atoms with Crippen molar-refractivity contribution in [3.05, 3.63) is 33.6 Å². The van der Waals surface area contributed by atoms with Gasteiger partial charge in [-0.25, -0.2) is 4.79 Å². The minimum Gasteiger partial charge on any atom is -0.465 e. The van der Waals surface area contributed by atoms with Gasteiger partial charge in [0.25, 0.3) is 0 Å². The lowest BCUT2D eigenvalue weighted by molar-refractivity contribution is 0.0600. The Morgan fingerprint density at radius 1 is 1.44 bits per heavy atom. The number of carbonyl (C=O) groups excluding carboxylic acids is 1. The maximum Gasteiger partial charge on any atom is 0.340 e. The molecule has 2 aromatic rings. The molecule has 0 aliphatic heterocycles. The van der Waals surface area contributed by atoms with Crippen molar-refractivity contribution in [1.29, 1.82) is 0 Å². The quantitative estimate of drug-likeness (QED) is 0.760. The molecule has 0 radical (unpaired) electrons. The van der Waals surface area contributed by atoms with E-state index in [1.54, 1.807) is 12.4 Å². The Labute approximate surface area is 105 Å². The van der Waals surface area contributed by atoms with Gasteiger partial charge in [0.05, 0.1) is 27.7 Å². The van der Waals surface area contributed by atoms with Gasteiger partial charge in [-0.05, 0) is 15.9 Å². The van der Waals surface area contributed by atoms with E-state index in [1.807, 2.05) is 0 Å². The topological polar surface area (TPSA) is 52.1 Å². The van der Waals surface area contributed by atoms with Gasteiger partial charge in [0.1, 0.15) is 0 Å². The van der Waals surface area contributed by atoms with Crippen LogP contribution in [0.15, 0.2) is 23.1 Å². The normalized spacial score (nSPS) is 10.4. The van der Waals surface area contributed by atoms with E-state index in [1.165, 1.54) is 13.3 Å². The van der Waals surface area contributed by atoms with Gasteiger partial charge in [-0.2, -0.15) is 0 Å². The van der Waals surface area contributed by atoms with Crippen LogP contribution in [-0.4, -0.2) is 23.0 Å². The summed E-state index contributed by atoms with van der Waals surface area (Å²) in [5.41, 5.74) is 0.893. The predicted molar refractivity (Wildman–Crippen MR) is 63.6 cm³/mol. The monoisotopic (exact) mass is 300 g/mol. The summed E-state index contributed by atoms with van der Waals surface area (Å²) in [5.74, 6) is -0.514. The average Bonchev–Trinajstić information content (AvgIpc) is 2.30. The first-order chi connectivity index (χ1) is 7.65. The molecular formula is C10H6BrClN2O2. The Bertz CT molecular complexity index is 574. The molecule has 82 valence electrons. The highest BCUT2D eigenvalue weighted by molar-refractivity contribution is 9.10. The second-order valence-electron chi connectivity index (χ2n) is 2.99. The lowest BCUT2D eigenvalue weighted by atomic mass is 10.2. The predicted octanol–water partition coefficient (Wildman–Crippen LogP) is 2.83. The van der Waals surface area contributed by atoms with Gasteiger partial charge < -0.3 is 4.74 Å². The number of hydrogen-bond donors (Lipinski definition) is 0. The van der Waals surface area contributed by atoms with Crippen LogP contribution in [0.4, 0.5) is 0 Å². The highest BCUT2D eigenvalue weighted by Gasteiger charge is 2.15. The van der Waals surface area contributed by atoms with Crippen molar-refractivity contribution in [2.45, 2.75) is 0 Å². The van der Waals surface area contributed by atoms with Crippen molar-refractivity contribution in [1.82, 2.24) is 9.97 Å². The maximum absolute atomic E-state index is 11.4. The van der Waals surface area contributed by atoms with E-state index in [0.717, 1.165) is 4.47 Å². The van der Waals surface area contributed by atoms with Crippen LogP contribution in [0.1, 0.15) is 10.4 Å². The largest absolute Gasteiger partial charge is 0.465 e. The molecule has 4 nitrogen and oxygen atoms in total. The van der Waals surface area contributed by atoms with Gasteiger partial charge >= 0.3 is 5.97 Å². The smallest absolute Gasteiger partial charge is 0.340 e. The molecule has 0 unspecified atom stereocenters. The number of hydrogen-bond acceptors (Lipinski definition) is 4. The molecule has 0 aliphatic rings. The number of esters is 1. The van der Waals surface area contributed by atoms with E-state index >= 15 is 0 Å². The summed E-state index contributed by atoms with van der Waals surface area (Å²) < 4.78 is 5.33. The Balaban J connectivity index is 2.75. The average molecular weight is 302 g/mol. The zero-order chi connectivity index (χ0) is 11.7. The molecule has 0 atom stereocenters. The van der Waals surface area contributed by atoms with E-state index in [4.69, 9.17) is 11.6 Å². The molecule has 2 rings (SSSR count). The van der Waals surface area contributed by atoms with Crippen molar-refractivity contribution < 1.29 is 9.53 Å². The number of ether oxygens (including phenoxy) is 1. The van der Waals surface area contributed by atoms with Crippen LogP contribution in [-0.2, 0) is 4.74 Å². The number of methoxy groups -OCH3 is 1. The third-order valence-electron chi connectivity index (χ3n) is 2.07. The lowest BCUT2D eigenvalue weighted by Crippen LogP contribution is -2.03. The van der Waals surface area contributed by atoms with E-state index in [0.29, 0.717) is 15.9 Å². The van der Waals surface area contributed by atoms with E-state index in [9.17, 15) is 4.79 Å². The summed E-state index contributed by atoms with van der Waals surface area (Å²) in [7, 11) is 1.29. The van der Waals surface area contributed by atoms with Crippen LogP contribution in [0, 0.1) is 0 Å². The Hall–Kier alpha value is -1.20. The fraction of sp³-hybridized carbons (Fsp3) is 0.100. The molecule has 0 aromatic carbocycles. The second-order valence-corrected chi connectivity index (χ2v) is 4.23. The molecule has 0 N–H and O–H groups in total. The molecule has 0 amide bonds. The highest BCUT2D eigenvalue weighted by Crippen LogP contribution is 2.29. The van der Waals surface area contributed by atoms with Crippen LogP contribution in [0.3, 0.4) is 0 Å². The SMILES string of the molecule is COC(=O)c1cnc2c(Br)cncc2c1Cl. The molecule has 6 heteroatoms. The van der Waals surface area contributed by atoms with Crippen molar-refractivity contribution in [3.63, 3.8) is 0 Å². The molecule has 2 heterocycles. The summed E-state index contributed by atoms with van der Waals surface area (Å²) in [5, 5.41) is 0.907. The molecular weight excluding hydrogens is 295 g/mol. The molecule has 0 bridgehead atoms. The minimum absolute atomic E-state index is 0.233. The number of fused-ring (bicyclic) bond motifs is 1. The van der Waals surface area contributed by atoms with Crippen LogP contribution in [0.25, 0.3) is 10.9 Å². The van der Waals surface area contributed by atoms with Gasteiger partial charge in [0.2, 0.25) is 0 Å². The summed E-state index contributed by atoms with van der Waals surface area (Å²) in [6.45, 7) is 0. The Kier molecular flexibility index (Phi) is 3.07. The van der Waals surface area contributed by atoms with Gasteiger partial charge in [-0.15, -0.1) is 0 Å². The summed E-state index contributed by atoms with van der Waals surface area (Å²) in [6.07, 6.45) is 4.56. The second kappa shape index (κ2) is 4.35. The van der Waals surface area contributed by atoms with Crippen LogP contribution >= 0.6 is 27.5 Å². The van der Waals surface area contributed by atoms with Gasteiger partial charge in [0.15, 0.2) is 0 Å². The zero-order valence-corrected chi connectivity index (χ0v) is 10.5. The Morgan fingerprint density at radius 3 is 2.88 bits per heavy atom. The van der Waals surface area contributed by atoms with Gasteiger partial charge in [-0.3, -0.25) is 9.97 Å². The molecule has 2 aromatic heterocycles. The molecule has 0 fully saturated rings. The molecule has 0 saturated carbocycles. The van der Waals surface area contributed by atoms with Gasteiger partial charge in [0, 0.05) is 24.0 Å². The number of nitrogens with zero attached hydrogens (tertiary/aromatic N) is 2. The van der Waals surface area contributed by atoms with Crippen molar-refractivity contribution >= 4 is 44.4 Å². The summed E-state index contributed by atoms with van der Waals surface area (Å²) in [6, 6.07) is 0. The fourth-order valence-electron chi connectivity index (χ4n) is 1.30. The lowest BCUT2D eigenvalue weighted by Gasteiger charge is -2.05. The van der Waals surface area contributed by atoms with Crippen molar-refractivity contribution in [2.75, 3.05) is 7.11 Å². The molecule has 0 spiro atoms. The number of carbonyl (C=O) groups is 1. The first-order valence-electron chi connectivity index (χ1n) is 4.31. The fourth-order valence-corrected chi connectivity index (χ4v) is 2.00. The summed E-state index contributed by atoms with van der Waals surface area (Å²) >= 11 is 9.40. The minimum atomic E-state index is -0.514.